The lowest BCUT2D eigenvalue weighted by Crippen LogP contribution is -2.25. The molecule has 1 aliphatic rings. The standard InChI is InChI=1S/C18H19ClN2O3S/c1-12-8-13(2)10-14(9-12)18(22)20-15-4-5-16(19)17(11-15)21-6-3-7-25(21,23)24/h4-5,8-11H,3,6-7H2,1-2H3,(H,20,22). The van der Waals surface area contributed by atoms with Crippen molar-refractivity contribution in [2.75, 3.05) is 21.9 Å². The summed E-state index contributed by atoms with van der Waals surface area (Å²) < 4.78 is 25.6. The van der Waals surface area contributed by atoms with E-state index in [2.05, 4.69) is 5.32 Å². The molecule has 0 saturated carbocycles. The number of carbonyl (C=O) groups is 1. The Morgan fingerprint density at radius 3 is 2.40 bits per heavy atom. The average molecular weight is 379 g/mol. The summed E-state index contributed by atoms with van der Waals surface area (Å²) in [6, 6.07) is 10.5. The molecule has 0 bridgehead atoms. The third-order valence-electron chi connectivity index (χ3n) is 4.06. The normalized spacial score (nSPS) is 16.0. The predicted molar refractivity (Wildman–Crippen MR) is 101 cm³/mol. The maximum atomic E-state index is 12.5. The highest BCUT2D eigenvalue weighted by atomic mass is 35.5. The highest BCUT2D eigenvalue weighted by molar-refractivity contribution is 7.93. The van der Waals surface area contributed by atoms with Crippen LogP contribution in [0, 0.1) is 13.8 Å². The fourth-order valence-electron chi connectivity index (χ4n) is 3.00. The summed E-state index contributed by atoms with van der Waals surface area (Å²) in [4.78, 5) is 12.5. The third-order valence-corrected chi connectivity index (χ3v) is 6.23. The maximum absolute atomic E-state index is 12.5. The number of amides is 1. The fraction of sp³-hybridized carbons (Fsp3) is 0.278. The van der Waals surface area contributed by atoms with E-state index in [0.717, 1.165) is 11.1 Å². The molecule has 1 heterocycles. The van der Waals surface area contributed by atoms with Gasteiger partial charge in [0, 0.05) is 17.8 Å². The Kier molecular flexibility index (Phi) is 4.75. The fourth-order valence-corrected chi connectivity index (χ4v) is 4.84. The number of rotatable bonds is 3. The lowest BCUT2D eigenvalue weighted by molar-refractivity contribution is 0.102. The zero-order valence-corrected chi connectivity index (χ0v) is 15.6. The van der Waals surface area contributed by atoms with E-state index < -0.39 is 10.0 Å². The van der Waals surface area contributed by atoms with E-state index in [1.165, 1.54) is 4.31 Å². The van der Waals surface area contributed by atoms with Crippen molar-refractivity contribution in [3.63, 3.8) is 0 Å². The molecule has 2 aromatic rings. The molecular formula is C18H19ClN2O3S. The monoisotopic (exact) mass is 378 g/mol. The summed E-state index contributed by atoms with van der Waals surface area (Å²) in [5, 5.41) is 3.15. The van der Waals surface area contributed by atoms with E-state index in [1.807, 2.05) is 32.0 Å². The van der Waals surface area contributed by atoms with Gasteiger partial charge >= 0.3 is 0 Å². The lowest BCUT2D eigenvalue weighted by Gasteiger charge is -2.19. The minimum atomic E-state index is -3.34. The number of aryl methyl sites for hydroxylation is 2. The van der Waals surface area contributed by atoms with Crippen molar-refractivity contribution in [3.8, 4) is 0 Å². The highest BCUT2D eigenvalue weighted by Gasteiger charge is 2.30. The van der Waals surface area contributed by atoms with Gasteiger partial charge in [-0.3, -0.25) is 9.10 Å². The zero-order valence-electron chi connectivity index (χ0n) is 14.0. The van der Waals surface area contributed by atoms with Crippen LogP contribution in [0.5, 0.6) is 0 Å². The Balaban J connectivity index is 1.89. The molecule has 25 heavy (non-hydrogen) atoms. The molecule has 1 amide bonds. The van der Waals surface area contributed by atoms with Crippen molar-refractivity contribution in [2.24, 2.45) is 0 Å². The Hall–Kier alpha value is -2.05. The summed E-state index contributed by atoms with van der Waals surface area (Å²) in [6.07, 6.45) is 0.567. The largest absolute Gasteiger partial charge is 0.322 e. The van der Waals surface area contributed by atoms with E-state index in [1.54, 1.807) is 18.2 Å². The molecular weight excluding hydrogens is 360 g/mol. The van der Waals surface area contributed by atoms with Gasteiger partial charge in [-0.15, -0.1) is 0 Å². The number of nitrogens with zero attached hydrogens (tertiary/aromatic N) is 1. The predicted octanol–water partition coefficient (Wildman–Crippen LogP) is 3.75. The molecule has 7 heteroatoms. The first kappa shape index (κ1) is 17.8. The van der Waals surface area contributed by atoms with Gasteiger partial charge in [0.25, 0.3) is 5.91 Å². The molecule has 0 aromatic heterocycles. The topological polar surface area (TPSA) is 66.5 Å². The molecule has 0 unspecified atom stereocenters. The molecule has 1 N–H and O–H groups in total. The van der Waals surface area contributed by atoms with Crippen molar-refractivity contribution in [1.29, 1.82) is 0 Å². The number of sulfonamides is 1. The number of hydrogen-bond donors (Lipinski definition) is 1. The van der Waals surface area contributed by atoms with Crippen molar-refractivity contribution < 1.29 is 13.2 Å². The molecule has 1 fully saturated rings. The van der Waals surface area contributed by atoms with Crippen molar-refractivity contribution in [3.05, 3.63) is 58.1 Å². The molecule has 1 aliphatic heterocycles. The third kappa shape index (κ3) is 3.80. The molecule has 132 valence electrons. The Morgan fingerprint density at radius 2 is 1.80 bits per heavy atom. The van der Waals surface area contributed by atoms with E-state index in [4.69, 9.17) is 11.6 Å². The van der Waals surface area contributed by atoms with Crippen LogP contribution >= 0.6 is 11.6 Å². The second-order valence-electron chi connectivity index (χ2n) is 6.24. The highest BCUT2D eigenvalue weighted by Crippen LogP contribution is 2.33. The lowest BCUT2D eigenvalue weighted by atomic mass is 10.1. The van der Waals surface area contributed by atoms with Crippen LogP contribution in [0.3, 0.4) is 0 Å². The van der Waals surface area contributed by atoms with Gasteiger partial charge in [-0.1, -0.05) is 28.8 Å². The number of nitrogens with one attached hydrogen (secondary N) is 1. The summed E-state index contributed by atoms with van der Waals surface area (Å²) in [5.74, 6) is -0.132. The van der Waals surface area contributed by atoms with Gasteiger partial charge in [0.2, 0.25) is 10.0 Å². The molecule has 0 spiro atoms. The molecule has 1 saturated heterocycles. The zero-order chi connectivity index (χ0) is 18.2. The SMILES string of the molecule is Cc1cc(C)cc(C(=O)Nc2ccc(Cl)c(N3CCCS3(=O)=O)c2)c1. The van der Waals surface area contributed by atoms with Crippen molar-refractivity contribution >= 4 is 38.9 Å². The van der Waals surface area contributed by atoms with E-state index in [-0.39, 0.29) is 11.7 Å². The molecule has 2 aromatic carbocycles. The van der Waals surface area contributed by atoms with Crippen LogP contribution in [0.4, 0.5) is 11.4 Å². The second kappa shape index (κ2) is 6.69. The summed E-state index contributed by atoms with van der Waals surface area (Å²) in [6.45, 7) is 4.27. The van der Waals surface area contributed by atoms with Gasteiger partial charge in [0.05, 0.1) is 16.5 Å². The van der Waals surface area contributed by atoms with E-state index in [0.29, 0.717) is 34.9 Å². The van der Waals surface area contributed by atoms with Gasteiger partial charge in [-0.05, 0) is 50.6 Å². The van der Waals surface area contributed by atoms with Crippen LogP contribution in [0.15, 0.2) is 36.4 Å². The molecule has 0 aliphatic carbocycles. The Bertz CT molecular complexity index is 921. The minimum Gasteiger partial charge on any atom is -0.322 e. The van der Waals surface area contributed by atoms with Crippen LogP contribution < -0.4 is 9.62 Å². The minimum absolute atomic E-state index is 0.114. The first-order valence-corrected chi connectivity index (χ1v) is 9.94. The van der Waals surface area contributed by atoms with Gasteiger partial charge in [-0.2, -0.15) is 0 Å². The second-order valence-corrected chi connectivity index (χ2v) is 8.66. The molecule has 0 atom stereocenters. The average Bonchev–Trinajstić information content (AvgIpc) is 2.87. The Morgan fingerprint density at radius 1 is 1.12 bits per heavy atom. The van der Waals surface area contributed by atoms with Crippen LogP contribution in [0.1, 0.15) is 27.9 Å². The number of hydrogen-bond acceptors (Lipinski definition) is 3. The first-order valence-electron chi connectivity index (χ1n) is 7.96. The molecule has 3 rings (SSSR count). The molecule has 5 nitrogen and oxygen atoms in total. The maximum Gasteiger partial charge on any atom is 0.255 e. The van der Waals surface area contributed by atoms with Gasteiger partial charge in [0.1, 0.15) is 0 Å². The van der Waals surface area contributed by atoms with Gasteiger partial charge in [0.15, 0.2) is 0 Å². The quantitative estimate of drug-likeness (QED) is 0.884. The number of halogens is 1. The molecule has 0 radical (unpaired) electrons. The van der Waals surface area contributed by atoms with E-state index >= 15 is 0 Å². The van der Waals surface area contributed by atoms with Gasteiger partial charge < -0.3 is 5.32 Å². The smallest absolute Gasteiger partial charge is 0.255 e. The van der Waals surface area contributed by atoms with Crippen LogP contribution in [-0.4, -0.2) is 26.6 Å². The van der Waals surface area contributed by atoms with E-state index in [9.17, 15) is 13.2 Å². The Labute approximate surface area is 152 Å². The summed E-state index contributed by atoms with van der Waals surface area (Å²) >= 11 is 6.18. The number of benzene rings is 2. The van der Waals surface area contributed by atoms with Crippen LogP contribution in [-0.2, 0) is 10.0 Å². The summed E-state index contributed by atoms with van der Waals surface area (Å²) in [5.41, 5.74) is 3.47. The van der Waals surface area contributed by atoms with Crippen molar-refractivity contribution in [1.82, 2.24) is 0 Å². The number of carbonyl (C=O) groups excluding carboxylic acids is 1. The van der Waals surface area contributed by atoms with Crippen LogP contribution in [0.2, 0.25) is 5.02 Å². The van der Waals surface area contributed by atoms with Crippen LogP contribution in [0.25, 0.3) is 0 Å². The number of anilines is 2. The van der Waals surface area contributed by atoms with Crippen molar-refractivity contribution in [2.45, 2.75) is 20.3 Å². The van der Waals surface area contributed by atoms with Gasteiger partial charge in [-0.25, -0.2) is 8.42 Å². The summed E-state index contributed by atoms with van der Waals surface area (Å²) in [7, 11) is -3.34. The first-order chi connectivity index (χ1) is 11.8.